The predicted molar refractivity (Wildman–Crippen MR) is 533 cm³/mol. The summed E-state index contributed by atoms with van der Waals surface area (Å²) in [7, 11) is 0. The first-order valence-electron chi connectivity index (χ1n) is 43.5. The lowest BCUT2D eigenvalue weighted by Crippen LogP contribution is -1.99. The van der Waals surface area contributed by atoms with E-state index >= 15 is 0 Å². The molecule has 0 fully saturated rings. The Morgan fingerprint density at radius 2 is 0.531 bits per heavy atom. The minimum atomic E-state index is 0.621. The summed E-state index contributed by atoms with van der Waals surface area (Å²) >= 11 is 0. The Balaban J connectivity index is 0.545. The Morgan fingerprint density at radius 3 is 1.05 bits per heavy atom. The zero-order valence-corrected chi connectivity index (χ0v) is 69.3. The maximum absolute atomic E-state index is 9.64. The van der Waals surface area contributed by atoms with Gasteiger partial charge in [0.15, 0.2) is 11.6 Å². The first-order valence-corrected chi connectivity index (χ1v) is 43.5. The van der Waals surface area contributed by atoms with Gasteiger partial charge in [-0.3, -0.25) is 0 Å². The zero-order chi connectivity index (χ0) is 84.4. The maximum Gasteiger partial charge on any atom is 0.161 e. The molecule has 0 aliphatic carbocycles. The fraction of sp³-hybridized carbons (Fsp3) is 0. The van der Waals surface area contributed by atoms with Crippen LogP contribution in [0.1, 0.15) is 5.56 Å². The van der Waals surface area contributed by atoms with Gasteiger partial charge in [0, 0.05) is 65.3 Å². The summed E-state index contributed by atoms with van der Waals surface area (Å²) in [4.78, 5) is 22.1. The van der Waals surface area contributed by atoms with Crippen molar-refractivity contribution in [3.63, 3.8) is 0 Å². The van der Waals surface area contributed by atoms with Crippen LogP contribution in [0.3, 0.4) is 0 Å². The standard InChI is InChI=1S/C121H73N7/c122-74-75-35-37-80(38-36-75)91-53-60-110-109(70-91)119(85-49-45-79(46-50-85)77-21-6-2-7-22-77)126-120(123-110)102-58-63-112(100-32-16-14-30-98(100)102)128-115-62-55-93(69-106(115)108-67-87-26-11-13-28-89(87)73-117(108)128)90-51-56-97-95(65-90)29-18-34-96(97)83-47-43-82(44-48-83)94-52-57-104-111(71-94)124-121(125-118(104)84-23-8-3-9-24-84)103-59-64-113(101-33-17-15-31-99(101)103)127-114-61-54-92(81-41-39-78(40-42-81)76-19-4-1-5-20-76)68-105(114)107-66-86-25-10-12-27-88(86)72-116(107)127/h1-73H. The van der Waals surface area contributed by atoms with E-state index < -0.39 is 0 Å². The molecule has 0 aliphatic rings. The van der Waals surface area contributed by atoms with Crippen LogP contribution in [0, 0.1) is 11.3 Å². The lowest BCUT2D eigenvalue weighted by Gasteiger charge is -2.16. The second-order valence-corrected chi connectivity index (χ2v) is 33.4. The molecule has 0 N–H and O–H groups in total. The summed E-state index contributed by atoms with van der Waals surface area (Å²) in [5.41, 5.74) is 30.5. The van der Waals surface area contributed by atoms with Gasteiger partial charge in [-0.25, -0.2) is 19.9 Å². The molecule has 128 heavy (non-hydrogen) atoms. The van der Waals surface area contributed by atoms with E-state index in [-0.39, 0.29) is 0 Å². The molecule has 0 saturated heterocycles. The van der Waals surface area contributed by atoms with E-state index in [2.05, 4.69) is 428 Å². The number of rotatable bonds is 13. The van der Waals surface area contributed by atoms with Crippen molar-refractivity contribution in [3.8, 4) is 141 Å². The van der Waals surface area contributed by atoms with Gasteiger partial charge in [-0.1, -0.05) is 328 Å². The third kappa shape index (κ3) is 12.5. The Kier molecular flexibility index (Phi) is 17.2. The van der Waals surface area contributed by atoms with Crippen molar-refractivity contribution in [2.75, 3.05) is 0 Å². The molecule has 7 nitrogen and oxygen atoms in total. The van der Waals surface area contributed by atoms with Crippen LogP contribution in [0.2, 0.25) is 0 Å². The van der Waals surface area contributed by atoms with Gasteiger partial charge in [0.2, 0.25) is 0 Å². The average molecular weight is 1620 g/mol. The van der Waals surface area contributed by atoms with Crippen LogP contribution in [0.4, 0.5) is 0 Å². The quantitative estimate of drug-likeness (QED) is 0.115. The zero-order valence-electron chi connectivity index (χ0n) is 69.3. The second kappa shape index (κ2) is 30.0. The van der Waals surface area contributed by atoms with Crippen LogP contribution in [-0.4, -0.2) is 29.1 Å². The number of hydrogen-bond donors (Lipinski definition) is 0. The van der Waals surface area contributed by atoms with Gasteiger partial charge < -0.3 is 9.13 Å². The number of fused-ring (bicyclic) bond motifs is 13. The molecule has 25 aromatic rings. The molecule has 4 heterocycles. The summed E-state index contributed by atoms with van der Waals surface area (Å²) < 4.78 is 4.92. The molecule has 0 bridgehead atoms. The van der Waals surface area contributed by atoms with Crippen molar-refractivity contribution in [2.24, 2.45) is 0 Å². The maximum atomic E-state index is 9.64. The normalized spacial score (nSPS) is 11.7. The Bertz CT molecular complexity index is 8900. The van der Waals surface area contributed by atoms with E-state index in [1.54, 1.807) is 0 Å². The minimum absolute atomic E-state index is 0.621. The van der Waals surface area contributed by atoms with Crippen LogP contribution < -0.4 is 0 Å². The lowest BCUT2D eigenvalue weighted by molar-refractivity contribution is 1.19. The lowest BCUT2D eigenvalue weighted by atomic mass is 9.93. The van der Waals surface area contributed by atoms with Crippen molar-refractivity contribution in [1.82, 2.24) is 29.1 Å². The topological polar surface area (TPSA) is 85.2 Å². The Morgan fingerprint density at radius 1 is 0.180 bits per heavy atom. The van der Waals surface area contributed by atoms with Crippen molar-refractivity contribution in [2.45, 2.75) is 0 Å². The van der Waals surface area contributed by atoms with Crippen LogP contribution in [0.5, 0.6) is 0 Å². The van der Waals surface area contributed by atoms with Gasteiger partial charge in [0.1, 0.15) is 0 Å². The number of aromatic nitrogens is 6. The largest absolute Gasteiger partial charge is 0.309 e. The van der Waals surface area contributed by atoms with E-state index in [1.807, 2.05) is 30.3 Å². The number of hydrogen-bond acceptors (Lipinski definition) is 5. The highest BCUT2D eigenvalue weighted by Crippen LogP contribution is 2.47. The van der Waals surface area contributed by atoms with Gasteiger partial charge >= 0.3 is 0 Å². The first kappa shape index (κ1) is 73.4. The summed E-state index contributed by atoms with van der Waals surface area (Å²) in [6, 6.07) is 162. The monoisotopic (exact) mass is 1620 g/mol. The van der Waals surface area contributed by atoms with E-state index in [9.17, 15) is 5.26 Å². The molecule has 0 amide bonds. The van der Waals surface area contributed by atoms with Gasteiger partial charge in [0.25, 0.3) is 0 Å². The second-order valence-electron chi connectivity index (χ2n) is 33.4. The molecule has 0 saturated carbocycles. The smallest absolute Gasteiger partial charge is 0.161 e. The van der Waals surface area contributed by atoms with E-state index in [0.29, 0.717) is 17.2 Å². The van der Waals surface area contributed by atoms with Crippen molar-refractivity contribution < 1.29 is 0 Å². The molecule has 0 atom stereocenters. The summed E-state index contributed by atoms with van der Waals surface area (Å²) in [6.45, 7) is 0. The third-order valence-electron chi connectivity index (χ3n) is 26.2. The van der Waals surface area contributed by atoms with Crippen molar-refractivity contribution in [3.05, 3.63) is 448 Å². The highest BCUT2D eigenvalue weighted by Gasteiger charge is 2.25. The molecular weight excluding hydrogens is 1550 g/mol. The van der Waals surface area contributed by atoms with E-state index in [0.717, 1.165) is 161 Å². The van der Waals surface area contributed by atoms with Crippen molar-refractivity contribution >= 4 is 119 Å². The molecule has 592 valence electrons. The fourth-order valence-corrected chi connectivity index (χ4v) is 19.8. The van der Waals surface area contributed by atoms with Crippen LogP contribution >= 0.6 is 0 Å². The first-order chi connectivity index (χ1) is 63.3. The van der Waals surface area contributed by atoms with Gasteiger partial charge in [-0.05, 0) is 236 Å². The van der Waals surface area contributed by atoms with Gasteiger partial charge in [0.05, 0.1) is 67.5 Å². The highest BCUT2D eigenvalue weighted by molar-refractivity contribution is 6.19. The molecule has 7 heteroatoms. The molecule has 0 spiro atoms. The minimum Gasteiger partial charge on any atom is -0.309 e. The molecule has 21 aromatic carbocycles. The van der Waals surface area contributed by atoms with Crippen LogP contribution in [-0.2, 0) is 0 Å². The fourth-order valence-electron chi connectivity index (χ4n) is 19.8. The number of nitriles is 1. The summed E-state index contributed by atoms with van der Waals surface area (Å²) in [6.07, 6.45) is 0. The number of benzene rings is 21. The molecule has 4 aromatic heterocycles. The van der Waals surface area contributed by atoms with Gasteiger partial charge in [-0.15, -0.1) is 0 Å². The third-order valence-corrected chi connectivity index (χ3v) is 26.2. The highest BCUT2D eigenvalue weighted by atomic mass is 15.0. The average Bonchev–Trinajstić information content (AvgIpc) is 1.60. The SMILES string of the molecule is N#Cc1ccc(-c2ccc3nc(-c4ccc(-n5c6ccc(-c7ccc8c(-c9ccc(-c%10ccc%11c(-c%12ccccc%12)nc(-c%12ccc(-n%13c%14ccc(-c%15ccc(-c%16ccccc%16)cc%15)cc%14c%14cc%15ccccc%15cc%14%13)c%13ccccc%12%13)nc%11c%10)cc9)cccc8c7)cc6c6cc7ccccc7cc65)c5ccccc45)nc(-c4ccc(-c5ccccc5)cc4)c3c2)cc1. The Hall–Kier alpha value is -17.3. The van der Waals surface area contributed by atoms with E-state index in [1.165, 1.54) is 81.7 Å². The molecule has 0 unspecified atom stereocenters. The molecule has 0 radical (unpaired) electrons. The summed E-state index contributed by atoms with van der Waals surface area (Å²) in [5, 5.41) is 27.7. The summed E-state index contributed by atoms with van der Waals surface area (Å²) in [5.74, 6) is 1.31. The van der Waals surface area contributed by atoms with Crippen molar-refractivity contribution in [1.29, 1.82) is 5.26 Å². The van der Waals surface area contributed by atoms with Crippen LogP contribution in [0.25, 0.3) is 254 Å². The molecular formula is C121H73N7. The predicted octanol–water partition coefficient (Wildman–Crippen LogP) is 31.7. The van der Waals surface area contributed by atoms with Crippen LogP contribution in [0.15, 0.2) is 443 Å². The Labute approximate surface area is 737 Å². The van der Waals surface area contributed by atoms with Gasteiger partial charge in [-0.2, -0.15) is 5.26 Å². The van der Waals surface area contributed by atoms with E-state index in [4.69, 9.17) is 19.9 Å². The molecule has 25 rings (SSSR count). The number of nitrogens with zero attached hydrogens (tertiary/aromatic N) is 7. The molecule has 0 aliphatic heterocycles.